The van der Waals surface area contributed by atoms with Crippen molar-refractivity contribution in [2.45, 2.75) is 23.6 Å². The molecule has 2 aromatic carbocycles. The number of aryl methyl sites for hydroxylation is 1. The highest BCUT2D eigenvalue weighted by molar-refractivity contribution is 7.91. The number of thiophene rings is 1. The molecule has 0 aliphatic heterocycles. The van der Waals surface area contributed by atoms with Gasteiger partial charge in [0.25, 0.3) is 10.0 Å². The van der Waals surface area contributed by atoms with Gasteiger partial charge >= 0.3 is 0 Å². The van der Waals surface area contributed by atoms with Crippen LogP contribution in [0.5, 0.6) is 0 Å². The topological polar surface area (TPSA) is 75.3 Å². The van der Waals surface area contributed by atoms with Gasteiger partial charge in [-0.05, 0) is 48.1 Å². The number of sulfonamides is 1. The van der Waals surface area contributed by atoms with Crippen LogP contribution in [0.2, 0.25) is 5.02 Å². The lowest BCUT2D eigenvalue weighted by Crippen LogP contribution is -2.45. The normalized spacial score (nSPS) is 12.5. The van der Waals surface area contributed by atoms with Gasteiger partial charge in [-0.3, -0.25) is 4.79 Å². The van der Waals surface area contributed by atoms with Crippen molar-refractivity contribution in [3.05, 3.63) is 82.2 Å². The first-order valence-electron chi connectivity index (χ1n) is 8.52. The van der Waals surface area contributed by atoms with Crippen LogP contribution in [0.25, 0.3) is 0 Å². The van der Waals surface area contributed by atoms with E-state index in [0.29, 0.717) is 10.7 Å². The van der Waals surface area contributed by atoms with Crippen LogP contribution < -0.4 is 10.0 Å². The Morgan fingerprint density at radius 1 is 1.11 bits per heavy atom. The molecule has 3 aromatic rings. The summed E-state index contributed by atoms with van der Waals surface area (Å²) in [6, 6.07) is 16.7. The molecule has 1 aromatic heterocycles. The Bertz CT molecular complexity index is 1050. The molecule has 3 rings (SSSR count). The Balaban J connectivity index is 1.85. The number of amides is 1. The lowest BCUT2D eigenvalue weighted by atomic mass is 10.1. The lowest BCUT2D eigenvalue weighted by Gasteiger charge is -2.19. The number of nitrogens with one attached hydrogen (secondary N) is 2. The molecule has 2 N–H and O–H groups in total. The molecule has 5 nitrogen and oxygen atoms in total. The van der Waals surface area contributed by atoms with E-state index in [2.05, 4.69) is 10.0 Å². The minimum atomic E-state index is -3.82. The highest BCUT2D eigenvalue weighted by atomic mass is 35.5. The van der Waals surface area contributed by atoms with Gasteiger partial charge in [-0.15, -0.1) is 11.3 Å². The molecule has 0 aliphatic carbocycles. The fourth-order valence-corrected chi connectivity index (χ4v) is 5.13. The van der Waals surface area contributed by atoms with Crippen molar-refractivity contribution in [3.8, 4) is 0 Å². The smallest absolute Gasteiger partial charge is 0.250 e. The summed E-state index contributed by atoms with van der Waals surface area (Å²) in [6.07, 6.45) is 0.209. The molecule has 0 saturated carbocycles. The molecule has 0 saturated heterocycles. The van der Waals surface area contributed by atoms with Crippen molar-refractivity contribution >= 4 is 44.6 Å². The second-order valence-corrected chi connectivity index (χ2v) is 9.56. The van der Waals surface area contributed by atoms with E-state index in [9.17, 15) is 13.2 Å². The van der Waals surface area contributed by atoms with Crippen LogP contribution in [0.3, 0.4) is 0 Å². The number of anilines is 1. The van der Waals surface area contributed by atoms with Crippen LogP contribution in [0.15, 0.2) is 70.3 Å². The summed E-state index contributed by atoms with van der Waals surface area (Å²) in [5.41, 5.74) is 2.24. The monoisotopic (exact) mass is 434 g/mol. The van der Waals surface area contributed by atoms with Crippen LogP contribution in [0, 0.1) is 6.92 Å². The molecule has 1 heterocycles. The zero-order valence-corrected chi connectivity index (χ0v) is 17.4. The zero-order chi connectivity index (χ0) is 20.1. The maximum absolute atomic E-state index is 12.9. The van der Waals surface area contributed by atoms with Crippen molar-refractivity contribution in [2.75, 3.05) is 5.32 Å². The number of carbonyl (C=O) groups excluding carboxylic acids is 1. The molecule has 0 spiro atoms. The lowest BCUT2D eigenvalue weighted by molar-refractivity contribution is -0.117. The van der Waals surface area contributed by atoms with Crippen molar-refractivity contribution in [1.82, 2.24) is 4.72 Å². The third kappa shape index (κ3) is 5.20. The maximum atomic E-state index is 12.9. The molecule has 1 amide bonds. The van der Waals surface area contributed by atoms with Crippen molar-refractivity contribution < 1.29 is 13.2 Å². The maximum Gasteiger partial charge on any atom is 0.250 e. The molecular weight excluding hydrogens is 416 g/mol. The van der Waals surface area contributed by atoms with Gasteiger partial charge in [0.1, 0.15) is 10.3 Å². The molecule has 8 heteroatoms. The van der Waals surface area contributed by atoms with Crippen LogP contribution in [-0.4, -0.2) is 20.4 Å². The standard InChI is InChI=1S/C20H19ClN2O3S2/c1-14-9-10-17(16(21)12-14)22-20(24)18(13-15-6-3-2-4-7-15)23-28(25,26)19-8-5-11-27-19/h2-12,18,23H,13H2,1H3,(H,22,24)/t18-/m1/s1. The largest absolute Gasteiger partial charge is 0.323 e. The summed E-state index contributed by atoms with van der Waals surface area (Å²) in [5, 5.41) is 4.80. The number of hydrogen-bond donors (Lipinski definition) is 2. The number of hydrogen-bond acceptors (Lipinski definition) is 4. The molecule has 146 valence electrons. The summed E-state index contributed by atoms with van der Waals surface area (Å²) >= 11 is 7.30. The van der Waals surface area contributed by atoms with E-state index < -0.39 is 22.0 Å². The molecule has 1 atom stereocenters. The number of carbonyl (C=O) groups is 1. The molecule has 0 bridgehead atoms. The summed E-state index contributed by atoms with van der Waals surface area (Å²) in [6.45, 7) is 1.89. The van der Waals surface area contributed by atoms with Crippen molar-refractivity contribution in [1.29, 1.82) is 0 Å². The van der Waals surface area contributed by atoms with Gasteiger partial charge in [0.05, 0.1) is 10.7 Å². The van der Waals surface area contributed by atoms with Crippen LogP contribution >= 0.6 is 22.9 Å². The van der Waals surface area contributed by atoms with E-state index in [1.54, 1.807) is 23.6 Å². The summed E-state index contributed by atoms with van der Waals surface area (Å²) in [4.78, 5) is 12.9. The number of benzene rings is 2. The Morgan fingerprint density at radius 3 is 2.50 bits per heavy atom. The minimum Gasteiger partial charge on any atom is -0.323 e. The van der Waals surface area contributed by atoms with E-state index in [1.165, 1.54) is 6.07 Å². The van der Waals surface area contributed by atoms with E-state index >= 15 is 0 Å². The van der Waals surface area contributed by atoms with Crippen LogP contribution in [0.4, 0.5) is 5.69 Å². The summed E-state index contributed by atoms with van der Waals surface area (Å²) < 4.78 is 28.0. The van der Waals surface area contributed by atoms with Crippen LogP contribution in [0.1, 0.15) is 11.1 Å². The first kappa shape index (κ1) is 20.5. The molecule has 0 radical (unpaired) electrons. The van der Waals surface area contributed by atoms with E-state index in [-0.39, 0.29) is 10.6 Å². The first-order chi connectivity index (χ1) is 13.3. The fourth-order valence-electron chi connectivity index (χ4n) is 2.64. The molecule has 0 unspecified atom stereocenters. The summed E-state index contributed by atoms with van der Waals surface area (Å²) in [7, 11) is -3.82. The van der Waals surface area contributed by atoms with Crippen molar-refractivity contribution in [3.63, 3.8) is 0 Å². The van der Waals surface area contributed by atoms with Crippen LogP contribution in [-0.2, 0) is 21.2 Å². The number of rotatable bonds is 7. The van der Waals surface area contributed by atoms with Gasteiger partial charge in [0.2, 0.25) is 5.91 Å². The average molecular weight is 435 g/mol. The predicted octanol–water partition coefficient (Wildman–Crippen LogP) is 4.24. The van der Waals surface area contributed by atoms with Gasteiger partial charge in [0.15, 0.2) is 0 Å². The van der Waals surface area contributed by atoms with Gasteiger partial charge in [-0.25, -0.2) is 8.42 Å². The minimum absolute atomic E-state index is 0.159. The SMILES string of the molecule is Cc1ccc(NC(=O)[C@@H](Cc2ccccc2)NS(=O)(=O)c2cccs2)c(Cl)c1. The van der Waals surface area contributed by atoms with Crippen molar-refractivity contribution in [2.24, 2.45) is 0 Å². The number of halogens is 1. The summed E-state index contributed by atoms with van der Waals surface area (Å²) in [5.74, 6) is -0.477. The van der Waals surface area contributed by atoms with Gasteiger partial charge in [-0.2, -0.15) is 4.72 Å². The second-order valence-electron chi connectivity index (χ2n) is 6.27. The average Bonchev–Trinajstić information content (AvgIpc) is 3.20. The highest BCUT2D eigenvalue weighted by Crippen LogP contribution is 2.23. The Morgan fingerprint density at radius 2 is 1.86 bits per heavy atom. The van der Waals surface area contributed by atoms with E-state index in [0.717, 1.165) is 22.5 Å². The van der Waals surface area contributed by atoms with Gasteiger partial charge < -0.3 is 5.32 Å². The van der Waals surface area contributed by atoms with E-state index in [4.69, 9.17) is 11.6 Å². The molecular formula is C20H19ClN2O3S2. The molecule has 28 heavy (non-hydrogen) atoms. The highest BCUT2D eigenvalue weighted by Gasteiger charge is 2.27. The van der Waals surface area contributed by atoms with Gasteiger partial charge in [0, 0.05) is 0 Å². The zero-order valence-electron chi connectivity index (χ0n) is 15.1. The first-order valence-corrected chi connectivity index (χ1v) is 11.3. The Kier molecular flexibility index (Phi) is 6.51. The quantitative estimate of drug-likeness (QED) is 0.584. The third-order valence-corrected chi connectivity index (χ3v) is 7.22. The molecule has 0 fully saturated rings. The van der Waals surface area contributed by atoms with E-state index in [1.807, 2.05) is 43.3 Å². The molecule has 0 aliphatic rings. The predicted molar refractivity (Wildman–Crippen MR) is 113 cm³/mol. The third-order valence-electron chi connectivity index (χ3n) is 4.04. The Hall–Kier alpha value is -2.19. The fraction of sp³-hybridized carbons (Fsp3) is 0.150. The van der Waals surface area contributed by atoms with Gasteiger partial charge in [-0.1, -0.05) is 54.1 Å². The Labute approximate surface area is 173 Å². The second kappa shape index (κ2) is 8.87.